The zero-order valence-electron chi connectivity index (χ0n) is 7.63. The van der Waals surface area contributed by atoms with Crippen LogP contribution in [0.2, 0.25) is 0 Å². The average Bonchev–Trinajstić information content (AvgIpc) is 2.59. The van der Waals surface area contributed by atoms with E-state index in [4.69, 9.17) is 0 Å². The van der Waals surface area contributed by atoms with E-state index in [1.165, 1.54) is 6.42 Å². The first kappa shape index (κ1) is 7.38. The molecule has 2 atom stereocenters. The third-order valence-electron chi connectivity index (χ3n) is 3.20. The molecule has 0 radical (unpaired) electrons. The van der Waals surface area contributed by atoms with Crippen molar-refractivity contribution >= 4 is 0 Å². The van der Waals surface area contributed by atoms with Crippen molar-refractivity contribution < 1.29 is 0 Å². The zero-order valence-corrected chi connectivity index (χ0v) is 7.63. The van der Waals surface area contributed by atoms with Crippen LogP contribution in [-0.2, 0) is 13.5 Å². The summed E-state index contributed by atoms with van der Waals surface area (Å²) in [7, 11) is 1.79. The minimum atomic E-state index is 0.146. The molecule has 3 rings (SSSR count). The second kappa shape index (κ2) is 2.26. The quantitative estimate of drug-likeness (QED) is 0.592. The summed E-state index contributed by atoms with van der Waals surface area (Å²) in [5.41, 5.74) is 2.28. The highest BCUT2D eigenvalue weighted by Crippen LogP contribution is 2.32. The summed E-state index contributed by atoms with van der Waals surface area (Å²) in [5.74, 6) is 0. The maximum absolute atomic E-state index is 11.7. The number of hydrogen-bond acceptors (Lipinski definition) is 2. The number of nitrogens with zero attached hydrogens (tertiary/aromatic N) is 1. The second-order valence-corrected chi connectivity index (χ2v) is 4.07. The third kappa shape index (κ3) is 0.864. The molecular weight excluding hydrogens is 166 g/mol. The van der Waals surface area contributed by atoms with Gasteiger partial charge in [0.15, 0.2) is 0 Å². The number of nitrogens with one attached hydrogen (secondary N) is 2. The van der Waals surface area contributed by atoms with Crippen molar-refractivity contribution in [2.24, 2.45) is 7.05 Å². The van der Waals surface area contributed by atoms with Crippen molar-refractivity contribution in [2.75, 3.05) is 0 Å². The minimum Gasteiger partial charge on any atom is -0.307 e. The standard InChI is InChI=1S/C9H13N3O/c1-12-9(13)8-6-3-2-5(10-6)4-7(8)11-12/h5-6,10-11H,2-4H2,1H3/t5-,6-/m1/s1. The molecule has 4 heteroatoms. The Bertz CT molecular complexity index is 403. The number of aromatic amines is 1. The number of hydrogen-bond donors (Lipinski definition) is 2. The summed E-state index contributed by atoms with van der Waals surface area (Å²) in [6.07, 6.45) is 3.31. The van der Waals surface area contributed by atoms with Crippen LogP contribution in [0.15, 0.2) is 4.79 Å². The molecule has 1 saturated heterocycles. The van der Waals surface area contributed by atoms with Crippen LogP contribution in [-0.4, -0.2) is 15.8 Å². The first-order chi connectivity index (χ1) is 6.25. The van der Waals surface area contributed by atoms with Gasteiger partial charge in [0.1, 0.15) is 0 Å². The third-order valence-corrected chi connectivity index (χ3v) is 3.20. The predicted molar refractivity (Wildman–Crippen MR) is 48.6 cm³/mol. The minimum absolute atomic E-state index is 0.146. The number of rotatable bonds is 0. The van der Waals surface area contributed by atoms with Crippen molar-refractivity contribution in [1.29, 1.82) is 0 Å². The predicted octanol–water partition coefficient (Wildman–Crippen LogP) is 0.0626. The highest BCUT2D eigenvalue weighted by Gasteiger charge is 2.35. The van der Waals surface area contributed by atoms with Gasteiger partial charge in [-0.2, -0.15) is 0 Å². The molecule has 2 aliphatic heterocycles. The van der Waals surface area contributed by atoms with E-state index >= 15 is 0 Å². The van der Waals surface area contributed by atoms with Gasteiger partial charge >= 0.3 is 0 Å². The molecule has 0 saturated carbocycles. The summed E-state index contributed by atoms with van der Waals surface area (Å²) >= 11 is 0. The number of aryl methyl sites for hydroxylation is 1. The van der Waals surface area contributed by atoms with Gasteiger partial charge in [-0.1, -0.05) is 0 Å². The highest BCUT2D eigenvalue weighted by molar-refractivity contribution is 5.27. The lowest BCUT2D eigenvalue weighted by Gasteiger charge is -2.19. The van der Waals surface area contributed by atoms with Crippen LogP contribution in [0.1, 0.15) is 30.1 Å². The van der Waals surface area contributed by atoms with Crippen LogP contribution in [0.5, 0.6) is 0 Å². The maximum Gasteiger partial charge on any atom is 0.271 e. The smallest absolute Gasteiger partial charge is 0.271 e. The molecule has 2 bridgehead atoms. The van der Waals surface area contributed by atoms with Crippen LogP contribution >= 0.6 is 0 Å². The summed E-state index contributed by atoms with van der Waals surface area (Å²) < 4.78 is 1.59. The van der Waals surface area contributed by atoms with E-state index in [-0.39, 0.29) is 5.56 Å². The Morgan fingerprint density at radius 1 is 1.46 bits per heavy atom. The molecule has 0 aromatic carbocycles. The van der Waals surface area contributed by atoms with E-state index in [0.717, 1.165) is 24.1 Å². The van der Waals surface area contributed by atoms with Gasteiger partial charge in [-0.15, -0.1) is 0 Å². The van der Waals surface area contributed by atoms with Gasteiger partial charge in [0.05, 0.1) is 5.56 Å². The number of aromatic nitrogens is 2. The topological polar surface area (TPSA) is 49.8 Å². The molecule has 1 aromatic heterocycles. The normalized spacial score (nSPS) is 30.5. The molecule has 70 valence electrons. The van der Waals surface area contributed by atoms with E-state index in [1.807, 2.05) is 0 Å². The summed E-state index contributed by atoms with van der Waals surface area (Å²) in [4.78, 5) is 11.7. The molecule has 2 N–H and O–H groups in total. The number of fused-ring (bicyclic) bond motifs is 4. The van der Waals surface area contributed by atoms with Gasteiger partial charge in [-0.05, 0) is 12.8 Å². The molecule has 2 aliphatic rings. The van der Waals surface area contributed by atoms with Gasteiger partial charge < -0.3 is 5.32 Å². The highest BCUT2D eigenvalue weighted by atomic mass is 16.1. The molecular formula is C9H13N3O. The van der Waals surface area contributed by atoms with Crippen molar-refractivity contribution in [2.45, 2.75) is 31.3 Å². The summed E-state index contributed by atoms with van der Waals surface area (Å²) in [6, 6.07) is 0.911. The Morgan fingerprint density at radius 2 is 2.31 bits per heavy atom. The van der Waals surface area contributed by atoms with E-state index in [0.29, 0.717) is 12.1 Å². The SMILES string of the molecule is Cn1[nH]c2c(c1=O)[C@H]1CC[C@H](C2)N1. The molecule has 0 unspecified atom stereocenters. The van der Waals surface area contributed by atoms with Crippen molar-refractivity contribution in [3.05, 3.63) is 21.6 Å². The van der Waals surface area contributed by atoms with Crippen LogP contribution in [0.25, 0.3) is 0 Å². The van der Waals surface area contributed by atoms with Gasteiger partial charge in [0.2, 0.25) is 0 Å². The molecule has 1 fully saturated rings. The fourth-order valence-electron chi connectivity index (χ4n) is 2.59. The molecule has 0 amide bonds. The zero-order chi connectivity index (χ0) is 9.00. The Morgan fingerprint density at radius 3 is 3.15 bits per heavy atom. The molecule has 3 heterocycles. The lowest BCUT2D eigenvalue weighted by atomic mass is 10.0. The molecule has 1 aromatic rings. The van der Waals surface area contributed by atoms with Crippen LogP contribution in [0.4, 0.5) is 0 Å². The second-order valence-electron chi connectivity index (χ2n) is 4.07. The Hall–Kier alpha value is -1.03. The van der Waals surface area contributed by atoms with Gasteiger partial charge in [0, 0.05) is 31.2 Å². The van der Waals surface area contributed by atoms with E-state index in [1.54, 1.807) is 11.7 Å². The molecule has 0 aliphatic carbocycles. The van der Waals surface area contributed by atoms with E-state index in [9.17, 15) is 4.79 Å². The maximum atomic E-state index is 11.7. The Labute approximate surface area is 75.9 Å². The average molecular weight is 179 g/mol. The molecule has 4 nitrogen and oxygen atoms in total. The Balaban J connectivity index is 2.22. The fraction of sp³-hybridized carbons (Fsp3) is 0.667. The summed E-state index contributed by atoms with van der Waals surface area (Å²) in [6.45, 7) is 0. The Kier molecular flexibility index (Phi) is 1.28. The molecule has 13 heavy (non-hydrogen) atoms. The lowest BCUT2D eigenvalue weighted by molar-refractivity contribution is 0.509. The van der Waals surface area contributed by atoms with Gasteiger partial charge in [0.25, 0.3) is 5.56 Å². The van der Waals surface area contributed by atoms with Crippen molar-refractivity contribution in [3.8, 4) is 0 Å². The monoisotopic (exact) mass is 179 g/mol. The van der Waals surface area contributed by atoms with Crippen LogP contribution in [0.3, 0.4) is 0 Å². The van der Waals surface area contributed by atoms with E-state index in [2.05, 4.69) is 10.4 Å². The van der Waals surface area contributed by atoms with Crippen molar-refractivity contribution in [1.82, 2.24) is 15.1 Å². The van der Waals surface area contributed by atoms with Gasteiger partial charge in [-0.25, -0.2) is 0 Å². The van der Waals surface area contributed by atoms with E-state index < -0.39 is 0 Å². The van der Waals surface area contributed by atoms with Crippen molar-refractivity contribution in [3.63, 3.8) is 0 Å². The lowest BCUT2D eigenvalue weighted by Crippen LogP contribution is -2.33. The number of H-pyrrole nitrogens is 1. The largest absolute Gasteiger partial charge is 0.307 e. The first-order valence-corrected chi connectivity index (χ1v) is 4.79. The van der Waals surface area contributed by atoms with Crippen LogP contribution in [0, 0.1) is 0 Å². The first-order valence-electron chi connectivity index (χ1n) is 4.79. The molecule has 0 spiro atoms. The van der Waals surface area contributed by atoms with Gasteiger partial charge in [-0.3, -0.25) is 14.6 Å². The fourth-order valence-corrected chi connectivity index (χ4v) is 2.59. The summed E-state index contributed by atoms with van der Waals surface area (Å²) in [5, 5.41) is 6.60. The van der Waals surface area contributed by atoms with Crippen LogP contribution < -0.4 is 10.9 Å².